The summed E-state index contributed by atoms with van der Waals surface area (Å²) in [6, 6.07) is 20.3. The number of ether oxygens (including phenoxy) is 2. The number of hydrogen-bond acceptors (Lipinski definition) is 4. The van der Waals surface area contributed by atoms with Crippen LogP contribution in [-0.4, -0.2) is 29.0 Å². The largest absolute Gasteiger partial charge is 0.497 e. The van der Waals surface area contributed by atoms with Crippen LogP contribution in [0.1, 0.15) is 11.1 Å². The van der Waals surface area contributed by atoms with Gasteiger partial charge in [-0.05, 0) is 67.4 Å². The summed E-state index contributed by atoms with van der Waals surface area (Å²) in [7, 11) is 3.35. The van der Waals surface area contributed by atoms with Crippen LogP contribution in [0.2, 0.25) is 0 Å². The molecule has 0 atom stereocenters. The van der Waals surface area contributed by atoms with E-state index in [-0.39, 0.29) is 0 Å². The number of rotatable bonds is 4. The molecule has 0 radical (unpaired) electrons. The van der Waals surface area contributed by atoms with Crippen molar-refractivity contribution in [1.29, 1.82) is 0 Å². The van der Waals surface area contributed by atoms with Crippen LogP contribution >= 0.6 is 0 Å². The molecule has 0 aliphatic carbocycles. The van der Waals surface area contributed by atoms with Crippen molar-refractivity contribution in [2.75, 3.05) is 14.2 Å². The SMILES string of the molecule is COc1cccc(-c2nn(-c3ccc(C)c(C)c3)c3c2cnc2ccc(OC)cc23)c1. The Morgan fingerprint density at radius 2 is 1.58 bits per heavy atom. The van der Waals surface area contributed by atoms with Crippen LogP contribution in [0.4, 0.5) is 0 Å². The Morgan fingerprint density at radius 3 is 2.35 bits per heavy atom. The molecule has 0 aliphatic heterocycles. The van der Waals surface area contributed by atoms with Gasteiger partial charge in [0.2, 0.25) is 0 Å². The normalized spacial score (nSPS) is 11.2. The standard InChI is InChI=1S/C26H23N3O2/c1-16-8-9-19(12-17(16)2)29-26-22-14-21(31-4)10-11-24(22)27-15-23(26)25(28-29)18-6-5-7-20(13-18)30-3/h5-15H,1-4H3. The molecule has 0 saturated heterocycles. The molecule has 3 aromatic carbocycles. The van der Waals surface area contributed by atoms with Crippen LogP contribution in [0.5, 0.6) is 11.5 Å². The lowest BCUT2D eigenvalue weighted by molar-refractivity contribution is 0.415. The van der Waals surface area contributed by atoms with Gasteiger partial charge in [0.25, 0.3) is 0 Å². The van der Waals surface area contributed by atoms with Crippen LogP contribution in [0.25, 0.3) is 38.8 Å². The van der Waals surface area contributed by atoms with Crippen molar-refractivity contribution in [3.8, 4) is 28.4 Å². The van der Waals surface area contributed by atoms with Gasteiger partial charge in [0.15, 0.2) is 0 Å². The Bertz CT molecular complexity index is 1440. The minimum atomic E-state index is 0.789. The molecule has 0 bridgehead atoms. The lowest BCUT2D eigenvalue weighted by Crippen LogP contribution is -1.99. The number of hydrogen-bond donors (Lipinski definition) is 0. The molecule has 5 heteroatoms. The topological polar surface area (TPSA) is 49.2 Å². The lowest BCUT2D eigenvalue weighted by atomic mass is 10.1. The number of methoxy groups -OCH3 is 2. The van der Waals surface area contributed by atoms with E-state index in [2.05, 4.69) is 32.0 Å². The summed E-state index contributed by atoms with van der Waals surface area (Å²) in [6.07, 6.45) is 1.91. The Kier molecular flexibility index (Phi) is 4.59. The van der Waals surface area contributed by atoms with Gasteiger partial charge >= 0.3 is 0 Å². The van der Waals surface area contributed by atoms with Gasteiger partial charge in [0.1, 0.15) is 17.2 Å². The first-order valence-electron chi connectivity index (χ1n) is 10.2. The van der Waals surface area contributed by atoms with Crippen molar-refractivity contribution < 1.29 is 9.47 Å². The highest BCUT2D eigenvalue weighted by molar-refractivity contribution is 6.09. The highest BCUT2D eigenvalue weighted by Crippen LogP contribution is 2.36. The van der Waals surface area contributed by atoms with E-state index in [9.17, 15) is 0 Å². The van der Waals surface area contributed by atoms with E-state index in [0.717, 1.165) is 50.2 Å². The first-order valence-corrected chi connectivity index (χ1v) is 10.2. The van der Waals surface area contributed by atoms with Crippen molar-refractivity contribution >= 4 is 21.8 Å². The van der Waals surface area contributed by atoms with E-state index in [1.165, 1.54) is 11.1 Å². The molecule has 0 unspecified atom stereocenters. The van der Waals surface area contributed by atoms with E-state index in [0.29, 0.717) is 0 Å². The fourth-order valence-corrected chi connectivity index (χ4v) is 3.92. The van der Waals surface area contributed by atoms with Gasteiger partial charge in [-0.3, -0.25) is 4.98 Å². The highest BCUT2D eigenvalue weighted by Gasteiger charge is 2.18. The summed E-state index contributed by atoms with van der Waals surface area (Å²) >= 11 is 0. The molecule has 31 heavy (non-hydrogen) atoms. The Balaban J connectivity index is 1.89. The van der Waals surface area contributed by atoms with E-state index >= 15 is 0 Å². The third-order valence-corrected chi connectivity index (χ3v) is 5.79. The maximum absolute atomic E-state index is 5.50. The fourth-order valence-electron chi connectivity index (χ4n) is 3.92. The molecule has 154 valence electrons. The van der Waals surface area contributed by atoms with Crippen LogP contribution in [0.3, 0.4) is 0 Å². The number of aryl methyl sites for hydroxylation is 2. The molecular formula is C26H23N3O2. The molecule has 5 rings (SSSR count). The second-order valence-electron chi connectivity index (χ2n) is 7.66. The number of fused-ring (bicyclic) bond motifs is 3. The van der Waals surface area contributed by atoms with Crippen LogP contribution in [0, 0.1) is 13.8 Å². The van der Waals surface area contributed by atoms with E-state index in [4.69, 9.17) is 19.6 Å². The van der Waals surface area contributed by atoms with Gasteiger partial charge in [-0.1, -0.05) is 18.2 Å². The molecule has 2 heterocycles. The molecule has 5 aromatic rings. The average molecular weight is 409 g/mol. The number of aromatic nitrogens is 3. The van der Waals surface area contributed by atoms with Crippen molar-refractivity contribution in [3.63, 3.8) is 0 Å². The van der Waals surface area contributed by atoms with E-state index < -0.39 is 0 Å². The Hall–Kier alpha value is -3.86. The molecule has 0 fully saturated rings. The number of pyridine rings is 1. The van der Waals surface area contributed by atoms with Crippen LogP contribution in [-0.2, 0) is 0 Å². The van der Waals surface area contributed by atoms with Gasteiger partial charge in [0.05, 0.1) is 30.9 Å². The first kappa shape index (κ1) is 19.1. The van der Waals surface area contributed by atoms with Crippen molar-refractivity contribution in [2.24, 2.45) is 0 Å². The summed E-state index contributed by atoms with van der Waals surface area (Å²) in [5, 5.41) is 7.04. The van der Waals surface area contributed by atoms with Crippen LogP contribution < -0.4 is 9.47 Å². The quantitative estimate of drug-likeness (QED) is 0.372. The zero-order valence-corrected chi connectivity index (χ0v) is 18.0. The minimum Gasteiger partial charge on any atom is -0.497 e. The predicted octanol–water partition coefficient (Wildman–Crippen LogP) is 5.87. The van der Waals surface area contributed by atoms with Gasteiger partial charge < -0.3 is 9.47 Å². The smallest absolute Gasteiger partial charge is 0.119 e. The van der Waals surface area contributed by atoms with Crippen LogP contribution in [0.15, 0.2) is 66.9 Å². The average Bonchev–Trinajstić information content (AvgIpc) is 3.20. The van der Waals surface area contributed by atoms with Gasteiger partial charge in [-0.2, -0.15) is 5.10 Å². The number of nitrogens with zero attached hydrogens (tertiary/aromatic N) is 3. The second kappa shape index (κ2) is 7.43. The summed E-state index contributed by atoms with van der Waals surface area (Å²) in [5.74, 6) is 1.58. The minimum absolute atomic E-state index is 0.789. The van der Waals surface area contributed by atoms with E-state index in [1.807, 2.05) is 53.3 Å². The second-order valence-corrected chi connectivity index (χ2v) is 7.66. The maximum atomic E-state index is 5.50. The molecule has 0 N–H and O–H groups in total. The molecule has 5 nitrogen and oxygen atoms in total. The molecule has 0 amide bonds. The van der Waals surface area contributed by atoms with E-state index in [1.54, 1.807) is 14.2 Å². The fraction of sp³-hybridized carbons (Fsp3) is 0.154. The third kappa shape index (κ3) is 3.19. The summed E-state index contributed by atoms with van der Waals surface area (Å²) in [4.78, 5) is 4.71. The first-order chi connectivity index (χ1) is 15.1. The van der Waals surface area contributed by atoms with Gasteiger partial charge in [-0.15, -0.1) is 0 Å². The van der Waals surface area contributed by atoms with Gasteiger partial charge in [0, 0.05) is 22.5 Å². The highest BCUT2D eigenvalue weighted by atomic mass is 16.5. The van der Waals surface area contributed by atoms with Crippen molar-refractivity contribution in [3.05, 3.63) is 78.0 Å². The predicted molar refractivity (Wildman–Crippen MR) is 124 cm³/mol. The maximum Gasteiger partial charge on any atom is 0.119 e. The summed E-state index contributed by atoms with van der Waals surface area (Å²) in [5.41, 5.74) is 7.24. The summed E-state index contributed by atoms with van der Waals surface area (Å²) in [6.45, 7) is 4.24. The zero-order valence-electron chi connectivity index (χ0n) is 18.0. The Morgan fingerprint density at radius 1 is 0.774 bits per heavy atom. The molecular weight excluding hydrogens is 386 g/mol. The molecule has 0 aliphatic rings. The molecule has 0 spiro atoms. The third-order valence-electron chi connectivity index (χ3n) is 5.79. The monoisotopic (exact) mass is 409 g/mol. The summed E-state index contributed by atoms with van der Waals surface area (Å²) < 4.78 is 13.0. The lowest BCUT2D eigenvalue weighted by Gasteiger charge is -2.09. The molecule has 0 saturated carbocycles. The zero-order chi connectivity index (χ0) is 21.5. The Labute approximate surface area is 180 Å². The van der Waals surface area contributed by atoms with Gasteiger partial charge in [-0.25, -0.2) is 4.68 Å². The van der Waals surface area contributed by atoms with Crippen molar-refractivity contribution in [2.45, 2.75) is 13.8 Å². The van der Waals surface area contributed by atoms with Crippen molar-refractivity contribution in [1.82, 2.24) is 14.8 Å². The number of benzene rings is 3. The molecule has 2 aromatic heterocycles.